The Hall–Kier alpha value is -0.580. The van der Waals surface area contributed by atoms with Gasteiger partial charge in [-0.3, -0.25) is 0 Å². The highest BCUT2D eigenvalue weighted by Crippen LogP contribution is 2.46. The highest BCUT2D eigenvalue weighted by Gasteiger charge is 2.45. The average molecular weight is 272 g/mol. The molecule has 4 N–H and O–H groups in total. The van der Waals surface area contributed by atoms with E-state index in [1.54, 1.807) is 12.1 Å². The molecular weight excluding hydrogens is 258 g/mol. The molecule has 82 valence electrons. The summed E-state index contributed by atoms with van der Waals surface area (Å²) in [7, 11) is 0. The summed E-state index contributed by atoms with van der Waals surface area (Å²) in [4.78, 5) is 0. The molecule has 0 aromatic heterocycles. The maximum Gasteiger partial charge on any atom is 0.119 e. The molecule has 0 spiro atoms. The normalized spacial score (nSPS) is 29.9. The Morgan fingerprint density at radius 3 is 2.67 bits per heavy atom. The van der Waals surface area contributed by atoms with Crippen LogP contribution in [0.15, 0.2) is 22.7 Å². The van der Waals surface area contributed by atoms with Gasteiger partial charge in [0.2, 0.25) is 0 Å². The van der Waals surface area contributed by atoms with Crippen molar-refractivity contribution in [2.75, 3.05) is 6.54 Å². The first-order chi connectivity index (χ1) is 7.07. The second kappa shape index (κ2) is 3.77. The fourth-order valence-electron chi connectivity index (χ4n) is 2.27. The molecular formula is C11H14BrNO2. The van der Waals surface area contributed by atoms with E-state index in [0.717, 1.165) is 10.0 Å². The smallest absolute Gasteiger partial charge is 0.119 e. The predicted molar refractivity (Wildman–Crippen MR) is 61.8 cm³/mol. The molecule has 15 heavy (non-hydrogen) atoms. The third-order valence-electron chi connectivity index (χ3n) is 3.17. The molecule has 1 aromatic rings. The topological polar surface area (TPSA) is 66.5 Å². The Bertz CT molecular complexity index is 375. The second-order valence-corrected chi connectivity index (χ2v) is 5.12. The molecule has 0 radical (unpaired) electrons. The molecule has 0 saturated heterocycles. The number of hydrogen-bond acceptors (Lipinski definition) is 3. The van der Waals surface area contributed by atoms with Crippen LogP contribution in [0.1, 0.15) is 18.4 Å². The van der Waals surface area contributed by atoms with Crippen LogP contribution in [0.25, 0.3) is 0 Å². The van der Waals surface area contributed by atoms with Gasteiger partial charge in [0, 0.05) is 22.0 Å². The molecule has 1 aliphatic rings. The predicted octanol–water partition coefficient (Wildman–Crippen LogP) is 1.51. The van der Waals surface area contributed by atoms with E-state index < -0.39 is 0 Å². The molecule has 0 amide bonds. The van der Waals surface area contributed by atoms with Crippen molar-refractivity contribution in [2.45, 2.75) is 24.4 Å². The number of halogens is 1. The highest BCUT2D eigenvalue weighted by molar-refractivity contribution is 9.10. The van der Waals surface area contributed by atoms with Gasteiger partial charge >= 0.3 is 0 Å². The van der Waals surface area contributed by atoms with Crippen LogP contribution >= 0.6 is 15.9 Å². The average Bonchev–Trinajstić information content (AvgIpc) is 2.17. The summed E-state index contributed by atoms with van der Waals surface area (Å²) < 4.78 is 0.921. The summed E-state index contributed by atoms with van der Waals surface area (Å²) in [6.07, 6.45) is 0.980. The number of benzene rings is 1. The fraction of sp³-hybridized carbons (Fsp3) is 0.455. The second-order valence-electron chi connectivity index (χ2n) is 4.21. The van der Waals surface area contributed by atoms with E-state index in [1.165, 1.54) is 0 Å². The number of phenolic OH excluding ortho intramolecular Hbond substituents is 1. The Morgan fingerprint density at radius 2 is 2.13 bits per heavy atom. The standard InChI is InChI=1S/C11H14BrNO2/c12-7-1-2-10(15)9(3-7)11(6-13)4-8(14)5-11/h1-3,8,14-15H,4-6,13H2. The molecule has 1 fully saturated rings. The lowest BCUT2D eigenvalue weighted by Gasteiger charge is -2.45. The summed E-state index contributed by atoms with van der Waals surface area (Å²) in [5.41, 5.74) is 6.34. The number of rotatable bonds is 2. The summed E-state index contributed by atoms with van der Waals surface area (Å²) in [5.74, 6) is 0.260. The van der Waals surface area contributed by atoms with Crippen LogP contribution in [0.2, 0.25) is 0 Å². The van der Waals surface area contributed by atoms with Crippen molar-refractivity contribution in [2.24, 2.45) is 5.73 Å². The van der Waals surface area contributed by atoms with E-state index >= 15 is 0 Å². The first-order valence-corrected chi connectivity index (χ1v) is 5.74. The van der Waals surface area contributed by atoms with Crippen molar-refractivity contribution in [1.82, 2.24) is 0 Å². The van der Waals surface area contributed by atoms with Gasteiger partial charge in [-0.25, -0.2) is 0 Å². The van der Waals surface area contributed by atoms with Gasteiger partial charge in [0.25, 0.3) is 0 Å². The highest BCUT2D eigenvalue weighted by atomic mass is 79.9. The third kappa shape index (κ3) is 1.77. The first kappa shape index (κ1) is 10.9. The quantitative estimate of drug-likeness (QED) is 0.764. The Kier molecular flexibility index (Phi) is 2.75. The molecule has 0 bridgehead atoms. The number of phenols is 1. The lowest BCUT2D eigenvalue weighted by Crippen LogP contribution is -2.49. The van der Waals surface area contributed by atoms with Gasteiger partial charge in [0.05, 0.1) is 6.10 Å². The number of aliphatic hydroxyl groups excluding tert-OH is 1. The zero-order valence-electron chi connectivity index (χ0n) is 8.28. The molecule has 2 rings (SSSR count). The van der Waals surface area contributed by atoms with Crippen LogP contribution in [0.5, 0.6) is 5.75 Å². The van der Waals surface area contributed by atoms with Crippen molar-refractivity contribution in [3.05, 3.63) is 28.2 Å². The van der Waals surface area contributed by atoms with Crippen LogP contribution in [-0.4, -0.2) is 22.9 Å². The lowest BCUT2D eigenvalue weighted by atomic mass is 9.62. The minimum absolute atomic E-state index is 0.243. The fourth-order valence-corrected chi connectivity index (χ4v) is 2.63. The Morgan fingerprint density at radius 1 is 1.47 bits per heavy atom. The van der Waals surface area contributed by atoms with Crippen molar-refractivity contribution in [3.8, 4) is 5.75 Å². The summed E-state index contributed by atoms with van der Waals surface area (Å²) in [6, 6.07) is 5.33. The zero-order chi connectivity index (χ0) is 11.1. The molecule has 3 nitrogen and oxygen atoms in total. The number of aliphatic hydroxyl groups is 1. The minimum Gasteiger partial charge on any atom is -0.508 e. The monoisotopic (exact) mass is 271 g/mol. The number of hydrogen-bond donors (Lipinski definition) is 3. The van der Waals surface area contributed by atoms with Crippen molar-refractivity contribution < 1.29 is 10.2 Å². The molecule has 0 heterocycles. The molecule has 1 aromatic carbocycles. The largest absolute Gasteiger partial charge is 0.508 e. The number of nitrogens with two attached hydrogens (primary N) is 1. The molecule has 1 saturated carbocycles. The maximum atomic E-state index is 9.79. The Balaban J connectivity index is 2.39. The van der Waals surface area contributed by atoms with Crippen molar-refractivity contribution in [1.29, 1.82) is 0 Å². The van der Waals surface area contributed by atoms with E-state index in [1.807, 2.05) is 6.07 Å². The van der Waals surface area contributed by atoms with Crippen LogP contribution in [0.4, 0.5) is 0 Å². The van der Waals surface area contributed by atoms with Crippen LogP contribution < -0.4 is 5.73 Å². The summed E-state index contributed by atoms with van der Waals surface area (Å²) in [5, 5.41) is 19.2. The first-order valence-electron chi connectivity index (χ1n) is 4.94. The molecule has 4 heteroatoms. The van der Waals surface area contributed by atoms with Crippen LogP contribution in [-0.2, 0) is 5.41 Å². The van der Waals surface area contributed by atoms with Gasteiger partial charge < -0.3 is 15.9 Å². The van der Waals surface area contributed by atoms with Gasteiger partial charge in [-0.2, -0.15) is 0 Å². The van der Waals surface area contributed by atoms with E-state index in [-0.39, 0.29) is 17.3 Å². The number of aromatic hydroxyl groups is 1. The van der Waals surface area contributed by atoms with Crippen molar-refractivity contribution >= 4 is 15.9 Å². The summed E-state index contributed by atoms with van der Waals surface area (Å²) in [6.45, 7) is 0.452. The summed E-state index contributed by atoms with van der Waals surface area (Å²) >= 11 is 3.37. The SMILES string of the molecule is NCC1(c2cc(Br)ccc2O)CC(O)C1. The zero-order valence-corrected chi connectivity index (χ0v) is 9.87. The van der Waals surface area contributed by atoms with E-state index in [0.29, 0.717) is 19.4 Å². The molecule has 1 aliphatic carbocycles. The van der Waals surface area contributed by atoms with E-state index in [9.17, 15) is 10.2 Å². The van der Waals surface area contributed by atoms with Gasteiger partial charge in [-0.15, -0.1) is 0 Å². The van der Waals surface area contributed by atoms with Crippen molar-refractivity contribution in [3.63, 3.8) is 0 Å². The molecule has 0 atom stereocenters. The molecule has 0 unspecified atom stereocenters. The third-order valence-corrected chi connectivity index (χ3v) is 3.67. The van der Waals surface area contributed by atoms with Crippen LogP contribution in [0, 0.1) is 0 Å². The van der Waals surface area contributed by atoms with Gasteiger partial charge in [0.15, 0.2) is 0 Å². The molecule has 0 aliphatic heterocycles. The maximum absolute atomic E-state index is 9.79. The Labute approximate surface area is 97.0 Å². The van der Waals surface area contributed by atoms with E-state index in [2.05, 4.69) is 15.9 Å². The van der Waals surface area contributed by atoms with Gasteiger partial charge in [0.1, 0.15) is 5.75 Å². The van der Waals surface area contributed by atoms with Crippen LogP contribution in [0.3, 0.4) is 0 Å². The van der Waals surface area contributed by atoms with Gasteiger partial charge in [-0.1, -0.05) is 15.9 Å². The van der Waals surface area contributed by atoms with E-state index in [4.69, 9.17) is 5.73 Å². The minimum atomic E-state index is -0.285. The lowest BCUT2D eigenvalue weighted by molar-refractivity contribution is 0.0211. The van der Waals surface area contributed by atoms with Gasteiger partial charge in [-0.05, 0) is 31.0 Å².